The lowest BCUT2D eigenvalue weighted by Gasteiger charge is -2.26. The summed E-state index contributed by atoms with van der Waals surface area (Å²) < 4.78 is 77.6. The topological polar surface area (TPSA) is 247 Å². The minimum Gasteiger partial charge on any atom is -0.383 e. The predicted molar refractivity (Wildman–Crippen MR) is 99.4 cm³/mol. The van der Waals surface area contributed by atoms with Crippen molar-refractivity contribution in [2.75, 3.05) is 6.61 Å². The van der Waals surface area contributed by atoms with Crippen molar-refractivity contribution in [2.24, 2.45) is 0 Å². The van der Waals surface area contributed by atoms with Gasteiger partial charge in [-0.1, -0.05) is 18.1 Å². The van der Waals surface area contributed by atoms with Crippen molar-refractivity contribution in [3.8, 4) is 12.3 Å². The van der Waals surface area contributed by atoms with Crippen LogP contribution in [0.15, 0.2) is 11.0 Å². The average Bonchev–Trinajstić information content (AvgIpc) is 2.82. The molecule has 0 saturated carbocycles. The summed E-state index contributed by atoms with van der Waals surface area (Å²) in [7, 11) is -17.5. The van der Waals surface area contributed by atoms with Crippen molar-refractivity contribution in [3.63, 3.8) is 0 Å². The van der Waals surface area contributed by atoms with Gasteiger partial charge in [-0.05, 0) is 0 Å². The van der Waals surface area contributed by atoms with E-state index in [2.05, 4.69) is 30.1 Å². The number of ether oxygens (including phenoxy) is 1. The molecule has 2 heterocycles. The first-order chi connectivity index (χ1) is 14.8. The fraction of sp³-hybridized carbons (Fsp3) is 0.455. The van der Waals surface area contributed by atoms with Gasteiger partial charge in [-0.2, -0.15) is 8.62 Å². The molecule has 33 heavy (non-hydrogen) atoms. The first-order valence-electron chi connectivity index (χ1n) is 7.79. The highest BCUT2D eigenvalue weighted by atomic mass is 32.1. The number of hydrogen-bond acceptors (Lipinski definition) is 11. The summed E-state index contributed by atoms with van der Waals surface area (Å²) in [6.07, 6.45) is 0.185. The van der Waals surface area contributed by atoms with Crippen LogP contribution in [0.2, 0.25) is 0 Å². The van der Waals surface area contributed by atoms with E-state index in [4.69, 9.17) is 21.1 Å². The molecular weight excluding hydrogens is 547 g/mol. The molecule has 1 fully saturated rings. The number of phosphoric acid groups is 3. The van der Waals surface area contributed by atoms with Crippen LogP contribution in [0.5, 0.6) is 0 Å². The molecule has 0 amide bonds. The molecule has 7 N–H and O–H groups in total. The quantitative estimate of drug-likeness (QED) is 0.118. The van der Waals surface area contributed by atoms with Crippen LogP contribution in [-0.2, 0) is 31.6 Å². The highest BCUT2D eigenvalue weighted by Crippen LogP contribution is 2.66. The lowest BCUT2D eigenvalue weighted by Crippen LogP contribution is -2.51. The first-order valence-corrected chi connectivity index (χ1v) is 12.7. The van der Waals surface area contributed by atoms with E-state index in [1.165, 1.54) is 5.92 Å². The third kappa shape index (κ3) is 6.28. The highest BCUT2D eigenvalue weighted by molar-refractivity contribution is 7.71. The molecule has 6 atom stereocenters. The van der Waals surface area contributed by atoms with Crippen molar-refractivity contribution in [1.29, 1.82) is 0 Å². The molecule has 0 radical (unpaired) electrons. The maximum atomic E-state index is 15.2. The van der Waals surface area contributed by atoms with Crippen molar-refractivity contribution in [3.05, 3.63) is 27.1 Å². The number of aliphatic hydroxyl groups is 2. The zero-order valence-electron chi connectivity index (χ0n) is 15.4. The van der Waals surface area contributed by atoms with Gasteiger partial charge in [0.05, 0.1) is 6.20 Å². The molecule has 1 aliphatic heterocycles. The first kappa shape index (κ1) is 28.1. The number of aromatic amines is 1. The van der Waals surface area contributed by atoms with Gasteiger partial charge < -0.3 is 34.5 Å². The summed E-state index contributed by atoms with van der Waals surface area (Å²) in [5.74, 6) is -3.48. The maximum absolute atomic E-state index is 15.2. The van der Waals surface area contributed by atoms with Crippen LogP contribution >= 0.6 is 35.7 Å². The van der Waals surface area contributed by atoms with Crippen LogP contribution in [0.25, 0.3) is 0 Å². The summed E-state index contributed by atoms with van der Waals surface area (Å²) >= 11 is 4.48. The van der Waals surface area contributed by atoms with Gasteiger partial charge in [0, 0.05) is 0 Å². The summed E-state index contributed by atoms with van der Waals surface area (Å²) in [4.78, 5) is 49.2. The molecular formula is C11H13F2N2O14P3S. The molecule has 0 bridgehead atoms. The summed E-state index contributed by atoms with van der Waals surface area (Å²) in [5.41, 5.74) is -4.41. The van der Waals surface area contributed by atoms with E-state index in [-0.39, 0.29) is 4.57 Å². The van der Waals surface area contributed by atoms with Crippen LogP contribution in [0.1, 0.15) is 6.23 Å². The standard InChI is InChI=1S/C11H13F2N2O14P3S/c1-2-10(18)7(16)11(13,27-8(10)15-3-5(12)6(33)14-9(15)17)4-26-31(22,23)29-32(24,25)28-30(19,20)21/h1,3,7-8,16,18H,4H2,(H,22,23)(H,24,25)(H,14,17,33)(H2,19,20,21)/t7-,8-,10?,11-/m1/s1. The number of rotatable bonds is 8. The zero-order chi connectivity index (χ0) is 25.6. The van der Waals surface area contributed by atoms with E-state index in [0.717, 1.165) is 0 Å². The Bertz CT molecular complexity index is 1240. The molecule has 0 spiro atoms. The number of hydrogen-bond donors (Lipinski definition) is 7. The molecule has 1 aromatic heterocycles. The normalized spacial score (nSPS) is 31.5. The van der Waals surface area contributed by atoms with E-state index >= 15 is 4.39 Å². The van der Waals surface area contributed by atoms with Gasteiger partial charge in [0.15, 0.2) is 18.1 Å². The van der Waals surface area contributed by atoms with Gasteiger partial charge in [0.2, 0.25) is 5.60 Å². The van der Waals surface area contributed by atoms with Crippen LogP contribution in [-0.4, -0.2) is 63.5 Å². The smallest absolute Gasteiger partial charge is 0.383 e. The molecule has 22 heteroatoms. The Labute approximate surface area is 185 Å². The van der Waals surface area contributed by atoms with Crippen molar-refractivity contribution in [1.82, 2.24) is 9.55 Å². The molecule has 2 rings (SSSR count). The monoisotopic (exact) mass is 560 g/mol. The molecule has 0 aromatic carbocycles. The minimum absolute atomic E-state index is 0.167. The molecule has 1 aliphatic rings. The van der Waals surface area contributed by atoms with Crippen LogP contribution in [0, 0.1) is 22.8 Å². The Hall–Kier alpha value is -1.19. The maximum Gasteiger partial charge on any atom is 0.490 e. The molecule has 1 saturated heterocycles. The van der Waals surface area contributed by atoms with Crippen molar-refractivity contribution in [2.45, 2.75) is 23.8 Å². The van der Waals surface area contributed by atoms with E-state index in [1.807, 2.05) is 0 Å². The Morgan fingerprint density at radius 2 is 1.85 bits per heavy atom. The average molecular weight is 560 g/mol. The Balaban J connectivity index is 2.32. The third-order valence-corrected chi connectivity index (χ3v) is 7.84. The second-order valence-corrected chi connectivity index (χ2v) is 11.0. The molecule has 3 unspecified atom stereocenters. The van der Waals surface area contributed by atoms with E-state index in [9.17, 15) is 38.0 Å². The summed E-state index contributed by atoms with van der Waals surface area (Å²) in [6, 6.07) is 0. The largest absolute Gasteiger partial charge is 0.490 e. The Morgan fingerprint density at radius 3 is 2.36 bits per heavy atom. The van der Waals surface area contributed by atoms with E-state index in [0.29, 0.717) is 6.20 Å². The number of terminal acetylenes is 1. The minimum atomic E-state index is -5.95. The highest BCUT2D eigenvalue weighted by Gasteiger charge is 2.66. The van der Waals surface area contributed by atoms with Crippen LogP contribution in [0.3, 0.4) is 0 Å². The van der Waals surface area contributed by atoms with E-state index < -0.39 is 70.0 Å². The van der Waals surface area contributed by atoms with Gasteiger partial charge in [0.25, 0.3) is 5.85 Å². The molecule has 16 nitrogen and oxygen atoms in total. The number of phosphoric ester groups is 1. The molecule has 186 valence electrons. The van der Waals surface area contributed by atoms with Gasteiger partial charge in [-0.15, -0.1) is 6.42 Å². The predicted octanol–water partition coefficient (Wildman–Crippen LogP) is -0.692. The third-order valence-electron chi connectivity index (χ3n) is 3.76. The lowest BCUT2D eigenvalue weighted by molar-refractivity contribution is -0.205. The summed E-state index contributed by atoms with van der Waals surface area (Å²) in [5, 5.41) is 20.6. The molecule has 0 aliphatic carbocycles. The van der Waals surface area contributed by atoms with Gasteiger partial charge >= 0.3 is 29.2 Å². The van der Waals surface area contributed by atoms with Crippen LogP contribution < -0.4 is 5.69 Å². The number of halogens is 2. The number of alkyl halides is 1. The number of aliphatic hydroxyl groups excluding tert-OH is 1. The second kappa shape index (κ2) is 9.11. The van der Waals surface area contributed by atoms with Gasteiger partial charge in [-0.3, -0.25) is 14.1 Å². The second-order valence-electron chi connectivity index (χ2n) is 6.14. The Kier molecular flexibility index (Phi) is 7.75. The SMILES string of the molecule is C#CC1(O)[C@@H](O)[C@@](F)(COP(=O)(O)OP(=O)(O)OP(=O)(O)O)O[C@H]1n1cc(F)c(=S)[nH]c1=O. The van der Waals surface area contributed by atoms with Crippen molar-refractivity contribution >= 4 is 35.7 Å². The fourth-order valence-corrected chi connectivity index (χ4v) is 5.62. The summed E-state index contributed by atoms with van der Waals surface area (Å²) in [6.45, 7) is -1.90. The van der Waals surface area contributed by atoms with Crippen molar-refractivity contribution < 1.29 is 70.1 Å². The Morgan fingerprint density at radius 1 is 1.27 bits per heavy atom. The lowest BCUT2D eigenvalue weighted by atomic mass is 9.94. The number of nitrogens with one attached hydrogen (secondary N) is 1. The number of aromatic nitrogens is 2. The fourth-order valence-electron chi connectivity index (χ4n) is 2.44. The number of H-pyrrole nitrogens is 1. The van der Waals surface area contributed by atoms with Gasteiger partial charge in [0.1, 0.15) is 11.2 Å². The molecule has 1 aromatic rings. The van der Waals surface area contributed by atoms with E-state index in [1.54, 1.807) is 4.98 Å². The van der Waals surface area contributed by atoms with Gasteiger partial charge in [-0.25, -0.2) is 27.3 Å². The van der Waals surface area contributed by atoms with Crippen LogP contribution in [0.4, 0.5) is 8.78 Å². The zero-order valence-corrected chi connectivity index (χ0v) is 18.9. The number of nitrogens with zero attached hydrogens (tertiary/aromatic N) is 1.